The number of ether oxygens (including phenoxy) is 1. The van der Waals surface area contributed by atoms with E-state index in [1.807, 2.05) is 12.1 Å². The number of carbonyl (C=O) groups excluding carboxylic acids is 1. The molecule has 5 heteroatoms. The number of aryl methyl sites for hydroxylation is 2. The quantitative estimate of drug-likeness (QED) is 0.880. The monoisotopic (exact) mass is 297 g/mol. The fourth-order valence-electron chi connectivity index (χ4n) is 3.34. The van der Waals surface area contributed by atoms with Crippen molar-refractivity contribution in [3.63, 3.8) is 0 Å². The summed E-state index contributed by atoms with van der Waals surface area (Å²) in [4.78, 5) is 21.6. The molecule has 0 atom stereocenters. The molecule has 114 valence electrons. The van der Waals surface area contributed by atoms with Crippen molar-refractivity contribution in [2.45, 2.75) is 32.1 Å². The maximum absolute atomic E-state index is 12.4. The summed E-state index contributed by atoms with van der Waals surface area (Å²) in [6.45, 7) is 1.32. The molecule has 2 heterocycles. The number of benzene rings is 1. The van der Waals surface area contributed by atoms with E-state index < -0.39 is 0 Å². The number of aromatic amines is 1. The van der Waals surface area contributed by atoms with Crippen molar-refractivity contribution in [3.8, 4) is 5.75 Å². The van der Waals surface area contributed by atoms with Crippen LogP contribution in [-0.2, 0) is 25.7 Å². The van der Waals surface area contributed by atoms with E-state index in [0.717, 1.165) is 37.1 Å². The number of carbonyl (C=O) groups is 1. The molecule has 22 heavy (non-hydrogen) atoms. The summed E-state index contributed by atoms with van der Waals surface area (Å²) in [5.41, 5.74) is 4.90. The van der Waals surface area contributed by atoms with E-state index in [-0.39, 0.29) is 6.09 Å². The number of H-pyrrole nitrogens is 1. The van der Waals surface area contributed by atoms with E-state index in [1.54, 1.807) is 11.2 Å². The number of hydrogen-bond acceptors (Lipinski definition) is 3. The van der Waals surface area contributed by atoms with Gasteiger partial charge in [0.15, 0.2) is 0 Å². The van der Waals surface area contributed by atoms with E-state index in [2.05, 4.69) is 16.0 Å². The number of hydrogen-bond donors (Lipinski definition) is 1. The van der Waals surface area contributed by atoms with Crippen LogP contribution in [0.5, 0.6) is 5.75 Å². The van der Waals surface area contributed by atoms with Crippen LogP contribution in [0, 0.1) is 0 Å². The fourth-order valence-corrected chi connectivity index (χ4v) is 3.34. The van der Waals surface area contributed by atoms with Crippen LogP contribution < -0.4 is 4.74 Å². The van der Waals surface area contributed by atoms with Gasteiger partial charge >= 0.3 is 6.09 Å². The molecule has 0 fully saturated rings. The SMILES string of the molecule is O=C(Oc1ccc2c(c1)CCC2)N1CCc2nc[nH]c2CC1. The first-order chi connectivity index (χ1) is 10.8. The van der Waals surface area contributed by atoms with Gasteiger partial charge in [-0.2, -0.15) is 0 Å². The summed E-state index contributed by atoms with van der Waals surface area (Å²) in [7, 11) is 0. The third-order valence-corrected chi connectivity index (χ3v) is 4.59. The van der Waals surface area contributed by atoms with Crippen LogP contribution in [0.2, 0.25) is 0 Å². The Morgan fingerprint density at radius 1 is 1.14 bits per heavy atom. The minimum Gasteiger partial charge on any atom is -0.410 e. The second-order valence-electron chi connectivity index (χ2n) is 5.97. The Morgan fingerprint density at radius 2 is 2.00 bits per heavy atom. The molecule has 1 aromatic carbocycles. The van der Waals surface area contributed by atoms with Gasteiger partial charge in [-0.15, -0.1) is 0 Å². The number of imidazole rings is 1. The van der Waals surface area contributed by atoms with Crippen LogP contribution in [0.3, 0.4) is 0 Å². The largest absolute Gasteiger partial charge is 0.415 e. The standard InChI is InChI=1S/C17H19N3O2/c21-17(20-8-6-15-16(7-9-20)19-11-18-15)22-14-5-4-12-2-1-3-13(12)10-14/h4-5,10-11H,1-3,6-9H2,(H,18,19). The van der Waals surface area contributed by atoms with Crippen LogP contribution in [0.25, 0.3) is 0 Å². The molecule has 2 aliphatic rings. The lowest BCUT2D eigenvalue weighted by molar-refractivity contribution is 0.154. The van der Waals surface area contributed by atoms with Crippen LogP contribution in [0.1, 0.15) is 28.9 Å². The van der Waals surface area contributed by atoms with E-state index >= 15 is 0 Å². The van der Waals surface area contributed by atoms with E-state index in [9.17, 15) is 4.79 Å². The Bertz CT molecular complexity index is 685. The van der Waals surface area contributed by atoms with Crippen molar-refractivity contribution in [2.75, 3.05) is 13.1 Å². The van der Waals surface area contributed by atoms with Crippen molar-refractivity contribution >= 4 is 6.09 Å². The lowest BCUT2D eigenvalue weighted by atomic mass is 10.1. The molecule has 0 saturated heterocycles. The highest BCUT2D eigenvalue weighted by atomic mass is 16.6. The number of fused-ring (bicyclic) bond motifs is 2. The van der Waals surface area contributed by atoms with Crippen molar-refractivity contribution in [1.82, 2.24) is 14.9 Å². The first-order valence-electron chi connectivity index (χ1n) is 7.89. The molecule has 4 rings (SSSR count). The average Bonchev–Trinajstić information content (AvgIpc) is 3.12. The minimum atomic E-state index is -0.261. The van der Waals surface area contributed by atoms with Gasteiger partial charge in [-0.1, -0.05) is 6.07 Å². The third kappa shape index (κ3) is 2.47. The Morgan fingerprint density at radius 3 is 2.95 bits per heavy atom. The summed E-state index contributed by atoms with van der Waals surface area (Å²) in [6.07, 6.45) is 6.47. The Hall–Kier alpha value is -2.30. The fraction of sp³-hybridized carbons (Fsp3) is 0.412. The summed E-state index contributed by atoms with van der Waals surface area (Å²) in [5.74, 6) is 0.659. The molecule has 1 aliphatic carbocycles. The van der Waals surface area contributed by atoms with Gasteiger partial charge in [0, 0.05) is 31.6 Å². The zero-order valence-corrected chi connectivity index (χ0v) is 12.5. The highest BCUT2D eigenvalue weighted by Gasteiger charge is 2.22. The van der Waals surface area contributed by atoms with Gasteiger partial charge in [0.05, 0.1) is 12.0 Å². The molecule has 1 aliphatic heterocycles. The van der Waals surface area contributed by atoms with Gasteiger partial charge in [-0.05, 0) is 42.5 Å². The summed E-state index contributed by atoms with van der Waals surface area (Å²) < 4.78 is 5.57. The maximum atomic E-state index is 12.4. The van der Waals surface area contributed by atoms with Crippen LogP contribution in [0.15, 0.2) is 24.5 Å². The van der Waals surface area contributed by atoms with Gasteiger partial charge in [-0.25, -0.2) is 9.78 Å². The molecule has 0 bridgehead atoms. The number of rotatable bonds is 1. The Kier molecular flexibility index (Phi) is 3.33. The van der Waals surface area contributed by atoms with Crippen molar-refractivity contribution in [3.05, 3.63) is 47.0 Å². The normalized spacial score (nSPS) is 16.8. The topological polar surface area (TPSA) is 58.2 Å². The van der Waals surface area contributed by atoms with Crippen LogP contribution in [0.4, 0.5) is 4.79 Å². The van der Waals surface area contributed by atoms with Crippen molar-refractivity contribution < 1.29 is 9.53 Å². The Labute approximate surface area is 129 Å². The van der Waals surface area contributed by atoms with Gasteiger partial charge in [-0.3, -0.25) is 0 Å². The minimum absolute atomic E-state index is 0.261. The van der Waals surface area contributed by atoms with E-state index in [1.165, 1.54) is 17.5 Å². The average molecular weight is 297 g/mol. The molecule has 1 aromatic heterocycles. The molecule has 0 unspecified atom stereocenters. The van der Waals surface area contributed by atoms with Gasteiger partial charge < -0.3 is 14.6 Å². The smallest absolute Gasteiger partial charge is 0.410 e. The van der Waals surface area contributed by atoms with Crippen LogP contribution in [-0.4, -0.2) is 34.1 Å². The predicted molar refractivity (Wildman–Crippen MR) is 82.1 cm³/mol. The molecule has 0 saturated carbocycles. The number of aromatic nitrogens is 2. The van der Waals surface area contributed by atoms with E-state index in [4.69, 9.17) is 4.74 Å². The molecule has 0 radical (unpaired) electrons. The number of amides is 1. The highest BCUT2D eigenvalue weighted by molar-refractivity contribution is 5.71. The lowest BCUT2D eigenvalue weighted by Gasteiger charge is -2.19. The summed E-state index contributed by atoms with van der Waals surface area (Å²) in [6, 6.07) is 6.01. The number of nitrogens with zero attached hydrogens (tertiary/aromatic N) is 2. The van der Waals surface area contributed by atoms with E-state index in [0.29, 0.717) is 18.8 Å². The zero-order valence-electron chi connectivity index (χ0n) is 12.5. The summed E-state index contributed by atoms with van der Waals surface area (Å²) in [5, 5.41) is 0. The second-order valence-corrected chi connectivity index (χ2v) is 5.97. The van der Waals surface area contributed by atoms with Gasteiger partial charge in [0.25, 0.3) is 0 Å². The van der Waals surface area contributed by atoms with Crippen molar-refractivity contribution in [2.24, 2.45) is 0 Å². The molecule has 0 spiro atoms. The number of nitrogens with one attached hydrogen (secondary N) is 1. The van der Waals surface area contributed by atoms with Gasteiger partial charge in [0.2, 0.25) is 0 Å². The molecule has 1 amide bonds. The predicted octanol–water partition coefficient (Wildman–Crippen LogP) is 2.50. The molecule has 2 aromatic rings. The third-order valence-electron chi connectivity index (χ3n) is 4.59. The summed E-state index contributed by atoms with van der Waals surface area (Å²) >= 11 is 0. The molecule has 5 nitrogen and oxygen atoms in total. The maximum Gasteiger partial charge on any atom is 0.415 e. The first kappa shape index (κ1) is 13.4. The second kappa shape index (κ2) is 5.48. The zero-order chi connectivity index (χ0) is 14.9. The first-order valence-corrected chi connectivity index (χ1v) is 7.89. The Balaban J connectivity index is 1.43. The molecule has 1 N–H and O–H groups in total. The van der Waals surface area contributed by atoms with Gasteiger partial charge in [0.1, 0.15) is 5.75 Å². The highest BCUT2D eigenvalue weighted by Crippen LogP contribution is 2.26. The van der Waals surface area contributed by atoms with Crippen molar-refractivity contribution in [1.29, 1.82) is 0 Å². The van der Waals surface area contributed by atoms with Crippen LogP contribution >= 0.6 is 0 Å². The molecular weight excluding hydrogens is 278 g/mol. The molecular formula is C17H19N3O2. The lowest BCUT2D eigenvalue weighted by Crippen LogP contribution is -2.35.